The highest BCUT2D eigenvalue weighted by molar-refractivity contribution is 5.92. The number of hydrogen-bond acceptors (Lipinski definition) is 5. The van der Waals surface area contributed by atoms with Gasteiger partial charge in [-0.05, 0) is 24.3 Å². The summed E-state index contributed by atoms with van der Waals surface area (Å²) < 4.78 is 16.8. The van der Waals surface area contributed by atoms with Crippen LogP contribution in [0.15, 0.2) is 59.2 Å². The lowest BCUT2D eigenvalue weighted by molar-refractivity contribution is -0.115. The first-order valence-electron chi connectivity index (χ1n) is 8.30. The summed E-state index contributed by atoms with van der Waals surface area (Å²) >= 11 is 0. The van der Waals surface area contributed by atoms with Crippen LogP contribution in [-0.2, 0) is 11.2 Å². The summed E-state index contributed by atoms with van der Waals surface area (Å²) in [6.07, 6.45) is 1.63. The minimum atomic E-state index is -0.695. The number of hydrogen-bond donors (Lipinski definition) is 1. The van der Waals surface area contributed by atoms with Crippen molar-refractivity contribution in [3.63, 3.8) is 0 Å². The molecule has 1 amide bonds. The molecule has 1 aliphatic rings. The van der Waals surface area contributed by atoms with Crippen molar-refractivity contribution in [3.05, 3.63) is 60.5 Å². The Morgan fingerprint density at radius 2 is 1.85 bits per heavy atom. The highest BCUT2D eigenvalue weighted by atomic mass is 16.7. The van der Waals surface area contributed by atoms with Crippen LogP contribution < -0.4 is 14.8 Å². The number of nitrogens with zero attached hydrogens (tertiary/aromatic N) is 1. The maximum absolute atomic E-state index is 12.3. The summed E-state index contributed by atoms with van der Waals surface area (Å²) in [5.74, 6) is 0.895. The molecule has 0 saturated heterocycles. The van der Waals surface area contributed by atoms with Crippen molar-refractivity contribution >= 4 is 11.6 Å². The monoisotopic (exact) mass is 350 g/mol. The van der Waals surface area contributed by atoms with E-state index in [1.54, 1.807) is 18.2 Å². The third kappa shape index (κ3) is 3.39. The second-order valence-electron chi connectivity index (χ2n) is 6.50. The van der Waals surface area contributed by atoms with E-state index in [2.05, 4.69) is 10.3 Å². The molecule has 2 heterocycles. The van der Waals surface area contributed by atoms with Gasteiger partial charge in [0.15, 0.2) is 11.5 Å². The van der Waals surface area contributed by atoms with Crippen LogP contribution in [0.4, 0.5) is 5.69 Å². The highest BCUT2D eigenvalue weighted by Gasteiger charge is 2.31. The molecule has 0 bridgehead atoms. The number of ether oxygens (including phenoxy) is 2. The molecular formula is C20H18N2O4. The van der Waals surface area contributed by atoms with E-state index in [9.17, 15) is 4.79 Å². The van der Waals surface area contributed by atoms with Crippen LogP contribution in [0.25, 0.3) is 11.5 Å². The van der Waals surface area contributed by atoms with Gasteiger partial charge in [0, 0.05) is 31.2 Å². The molecule has 6 nitrogen and oxygen atoms in total. The second kappa shape index (κ2) is 6.22. The number of carbonyl (C=O) groups excluding carboxylic acids is 1. The molecule has 0 fully saturated rings. The molecule has 0 saturated carbocycles. The molecule has 2 aromatic carbocycles. The molecular weight excluding hydrogens is 332 g/mol. The third-order valence-corrected chi connectivity index (χ3v) is 3.85. The summed E-state index contributed by atoms with van der Waals surface area (Å²) in [6.45, 7) is 3.67. The van der Waals surface area contributed by atoms with Crippen LogP contribution in [0.1, 0.15) is 19.5 Å². The molecule has 1 aliphatic heterocycles. The number of oxazole rings is 1. The highest BCUT2D eigenvalue weighted by Crippen LogP contribution is 2.40. The van der Waals surface area contributed by atoms with Crippen LogP contribution in [0.3, 0.4) is 0 Å². The predicted molar refractivity (Wildman–Crippen MR) is 96.0 cm³/mol. The molecule has 1 aromatic heterocycles. The molecule has 0 spiro atoms. The SMILES string of the molecule is CC1(C)Oc2ccc(NC(=O)Cc3coc(-c4ccccc4)n3)cc2O1. The number of aromatic nitrogens is 1. The molecule has 4 rings (SSSR count). The molecule has 26 heavy (non-hydrogen) atoms. The van der Waals surface area contributed by atoms with Gasteiger partial charge in [-0.15, -0.1) is 0 Å². The Balaban J connectivity index is 1.42. The number of anilines is 1. The average Bonchev–Trinajstić information content (AvgIpc) is 3.17. The predicted octanol–water partition coefficient (Wildman–Crippen LogP) is 4.03. The van der Waals surface area contributed by atoms with E-state index < -0.39 is 5.79 Å². The van der Waals surface area contributed by atoms with Crippen LogP contribution in [-0.4, -0.2) is 16.7 Å². The quantitative estimate of drug-likeness (QED) is 0.769. The molecule has 6 heteroatoms. The van der Waals surface area contributed by atoms with Gasteiger partial charge in [-0.3, -0.25) is 4.79 Å². The molecule has 0 atom stereocenters. The standard InChI is InChI=1S/C20H18N2O4/c1-20(2)25-16-9-8-14(10-17(16)26-20)21-18(23)11-15-12-24-19(22-15)13-6-4-3-5-7-13/h3-10,12H,11H2,1-2H3,(H,21,23). The van der Waals surface area contributed by atoms with Crippen molar-refractivity contribution in [2.45, 2.75) is 26.1 Å². The number of amides is 1. The van der Waals surface area contributed by atoms with Gasteiger partial charge in [0.05, 0.1) is 12.1 Å². The first-order chi connectivity index (χ1) is 12.5. The van der Waals surface area contributed by atoms with Gasteiger partial charge in [-0.25, -0.2) is 4.98 Å². The van der Waals surface area contributed by atoms with E-state index in [0.29, 0.717) is 28.8 Å². The van der Waals surface area contributed by atoms with E-state index in [4.69, 9.17) is 13.9 Å². The summed E-state index contributed by atoms with van der Waals surface area (Å²) in [4.78, 5) is 16.7. The van der Waals surface area contributed by atoms with Gasteiger partial charge in [0.1, 0.15) is 6.26 Å². The van der Waals surface area contributed by atoms with Crippen molar-refractivity contribution < 1.29 is 18.7 Å². The van der Waals surface area contributed by atoms with E-state index in [1.165, 1.54) is 6.26 Å². The zero-order chi connectivity index (χ0) is 18.1. The number of rotatable bonds is 4. The van der Waals surface area contributed by atoms with Crippen molar-refractivity contribution in [1.82, 2.24) is 4.98 Å². The lowest BCUT2D eigenvalue weighted by atomic mass is 10.2. The van der Waals surface area contributed by atoms with Crippen molar-refractivity contribution in [3.8, 4) is 23.0 Å². The normalized spacial score (nSPS) is 14.2. The second-order valence-corrected chi connectivity index (χ2v) is 6.50. The number of nitrogens with one attached hydrogen (secondary N) is 1. The Morgan fingerprint density at radius 3 is 2.65 bits per heavy atom. The summed E-state index contributed by atoms with van der Waals surface area (Å²) in [6, 6.07) is 14.9. The fourth-order valence-corrected chi connectivity index (χ4v) is 2.77. The zero-order valence-corrected chi connectivity index (χ0v) is 14.5. The zero-order valence-electron chi connectivity index (χ0n) is 14.5. The summed E-state index contributed by atoms with van der Waals surface area (Å²) in [5.41, 5.74) is 2.09. The number of benzene rings is 2. The van der Waals surface area contributed by atoms with E-state index in [0.717, 1.165) is 5.56 Å². The fourth-order valence-electron chi connectivity index (χ4n) is 2.77. The largest absolute Gasteiger partial charge is 0.449 e. The molecule has 0 aliphatic carbocycles. The maximum atomic E-state index is 12.3. The van der Waals surface area contributed by atoms with Gasteiger partial charge in [0.25, 0.3) is 0 Å². The molecule has 3 aromatic rings. The smallest absolute Gasteiger partial charge is 0.246 e. The Kier molecular flexibility index (Phi) is 3.88. The van der Waals surface area contributed by atoms with Gasteiger partial charge in [-0.1, -0.05) is 18.2 Å². The minimum absolute atomic E-state index is 0.121. The van der Waals surface area contributed by atoms with Crippen LogP contribution >= 0.6 is 0 Å². The van der Waals surface area contributed by atoms with Gasteiger partial charge >= 0.3 is 0 Å². The maximum Gasteiger partial charge on any atom is 0.246 e. The van der Waals surface area contributed by atoms with Crippen LogP contribution in [0.5, 0.6) is 11.5 Å². The van der Waals surface area contributed by atoms with E-state index >= 15 is 0 Å². The van der Waals surface area contributed by atoms with Gasteiger partial charge in [0.2, 0.25) is 17.6 Å². The van der Waals surface area contributed by atoms with E-state index in [1.807, 2.05) is 44.2 Å². The topological polar surface area (TPSA) is 73.6 Å². The first-order valence-corrected chi connectivity index (χ1v) is 8.30. The third-order valence-electron chi connectivity index (χ3n) is 3.85. The Morgan fingerprint density at radius 1 is 1.08 bits per heavy atom. The lowest BCUT2D eigenvalue weighted by Crippen LogP contribution is -2.29. The molecule has 0 radical (unpaired) electrons. The van der Waals surface area contributed by atoms with Crippen molar-refractivity contribution in [1.29, 1.82) is 0 Å². The fraction of sp³-hybridized carbons (Fsp3) is 0.200. The number of fused-ring (bicyclic) bond motifs is 1. The van der Waals surface area contributed by atoms with Crippen LogP contribution in [0.2, 0.25) is 0 Å². The van der Waals surface area contributed by atoms with Gasteiger partial charge in [-0.2, -0.15) is 0 Å². The average molecular weight is 350 g/mol. The summed E-state index contributed by atoms with van der Waals surface area (Å²) in [5, 5.41) is 2.84. The Bertz CT molecular complexity index is 947. The number of carbonyl (C=O) groups is 1. The van der Waals surface area contributed by atoms with E-state index in [-0.39, 0.29) is 12.3 Å². The van der Waals surface area contributed by atoms with Gasteiger partial charge < -0.3 is 19.2 Å². The van der Waals surface area contributed by atoms with Crippen molar-refractivity contribution in [2.75, 3.05) is 5.32 Å². The van der Waals surface area contributed by atoms with Crippen molar-refractivity contribution in [2.24, 2.45) is 0 Å². The Labute approximate surface area is 150 Å². The summed E-state index contributed by atoms with van der Waals surface area (Å²) in [7, 11) is 0. The Hall–Kier alpha value is -3.28. The molecule has 1 N–H and O–H groups in total. The molecule has 132 valence electrons. The lowest BCUT2D eigenvalue weighted by Gasteiger charge is -2.16. The minimum Gasteiger partial charge on any atom is -0.449 e. The first kappa shape index (κ1) is 16.2. The molecule has 0 unspecified atom stereocenters. The van der Waals surface area contributed by atoms with Crippen LogP contribution in [0, 0.1) is 0 Å².